The summed E-state index contributed by atoms with van der Waals surface area (Å²) in [6.45, 7) is 5.84. The summed E-state index contributed by atoms with van der Waals surface area (Å²) in [6.07, 6.45) is 4.59. The normalized spacial score (nSPS) is 9.35. The van der Waals surface area contributed by atoms with Crippen LogP contribution >= 0.6 is 0 Å². The van der Waals surface area contributed by atoms with Crippen LogP contribution in [0.5, 0.6) is 0 Å². The second kappa shape index (κ2) is 5.90. The van der Waals surface area contributed by atoms with Gasteiger partial charge in [0.05, 0.1) is 0 Å². The number of aliphatic imine (C=N–C) groups is 2. The van der Waals surface area contributed by atoms with Gasteiger partial charge in [0, 0.05) is 0 Å². The zero-order valence-electron chi connectivity index (χ0n) is 10.2. The highest BCUT2D eigenvalue weighted by atomic mass is 16.1. The van der Waals surface area contributed by atoms with E-state index in [1.165, 1.54) is 12.2 Å². The van der Waals surface area contributed by atoms with Crippen molar-refractivity contribution in [3.63, 3.8) is 0 Å². The third-order valence-corrected chi connectivity index (χ3v) is 2.71. The molecule has 1 aromatic carbocycles. The largest absolute Gasteiger partial charge is 0.240 e. The van der Waals surface area contributed by atoms with Crippen molar-refractivity contribution >= 4 is 23.5 Å². The Labute approximate surface area is 100 Å². The molecule has 1 aromatic rings. The molecule has 0 radical (unpaired) electrons. The van der Waals surface area contributed by atoms with Gasteiger partial charge in [0.15, 0.2) is 0 Å². The Hall–Kier alpha value is -2.02. The highest BCUT2D eigenvalue weighted by Gasteiger charge is 2.13. The molecule has 0 amide bonds. The summed E-state index contributed by atoms with van der Waals surface area (Å²) in [5.41, 5.74) is 3.73. The summed E-state index contributed by atoms with van der Waals surface area (Å²) < 4.78 is 0. The number of nitrogens with zero attached hydrogens (tertiary/aromatic N) is 2. The van der Waals surface area contributed by atoms with Crippen LogP contribution in [0.25, 0.3) is 0 Å². The summed E-state index contributed by atoms with van der Waals surface area (Å²) in [5.74, 6) is 0. The Balaban J connectivity index is 3.71. The van der Waals surface area contributed by atoms with E-state index >= 15 is 0 Å². The van der Waals surface area contributed by atoms with Gasteiger partial charge in [-0.2, -0.15) is 9.98 Å². The van der Waals surface area contributed by atoms with Gasteiger partial charge in [-0.1, -0.05) is 19.9 Å². The molecule has 4 nitrogen and oxygen atoms in total. The van der Waals surface area contributed by atoms with Crippen molar-refractivity contribution in [3.05, 3.63) is 22.8 Å². The Kier molecular flexibility index (Phi) is 4.53. The van der Waals surface area contributed by atoms with E-state index in [4.69, 9.17) is 0 Å². The fourth-order valence-corrected chi connectivity index (χ4v) is 1.96. The average Bonchev–Trinajstić information content (AvgIpc) is 2.33. The molecule has 17 heavy (non-hydrogen) atoms. The first-order chi connectivity index (χ1) is 8.19. The molecule has 0 atom stereocenters. The second-order valence-electron chi connectivity index (χ2n) is 3.64. The first-order valence-corrected chi connectivity index (χ1v) is 5.50. The molecule has 0 aliphatic carbocycles. The zero-order chi connectivity index (χ0) is 12.8. The van der Waals surface area contributed by atoms with Gasteiger partial charge < -0.3 is 0 Å². The molecule has 4 heteroatoms. The van der Waals surface area contributed by atoms with Gasteiger partial charge in [0.25, 0.3) is 0 Å². The maximum atomic E-state index is 10.5. The van der Waals surface area contributed by atoms with Crippen LogP contribution in [0.3, 0.4) is 0 Å². The number of hydrogen-bond acceptors (Lipinski definition) is 4. The van der Waals surface area contributed by atoms with Gasteiger partial charge >= 0.3 is 0 Å². The van der Waals surface area contributed by atoms with Gasteiger partial charge in [-0.15, -0.1) is 0 Å². The van der Waals surface area contributed by atoms with Crippen molar-refractivity contribution in [1.82, 2.24) is 0 Å². The number of carbonyl (C=O) groups excluding carboxylic acids is 2. The molecule has 0 bridgehead atoms. The van der Waals surface area contributed by atoms with Crippen molar-refractivity contribution < 1.29 is 9.59 Å². The number of isocyanates is 2. The molecule has 0 fully saturated rings. The summed E-state index contributed by atoms with van der Waals surface area (Å²) in [5, 5.41) is 0. The highest BCUT2D eigenvalue weighted by molar-refractivity contribution is 5.76. The minimum atomic E-state index is 0.414. The lowest BCUT2D eigenvalue weighted by Crippen LogP contribution is -1.94. The molecular weight excluding hydrogens is 216 g/mol. The third-order valence-electron chi connectivity index (χ3n) is 2.71. The van der Waals surface area contributed by atoms with Crippen LogP contribution < -0.4 is 0 Å². The molecule has 0 aliphatic rings. The number of aryl methyl sites for hydroxylation is 2. The van der Waals surface area contributed by atoms with Crippen molar-refractivity contribution in [1.29, 1.82) is 0 Å². The molecular formula is C13H14N2O2. The lowest BCUT2D eigenvalue weighted by Gasteiger charge is -2.12. The topological polar surface area (TPSA) is 58.9 Å². The predicted octanol–water partition coefficient (Wildman–Crippen LogP) is 3.05. The van der Waals surface area contributed by atoms with E-state index in [0.29, 0.717) is 11.4 Å². The van der Waals surface area contributed by atoms with E-state index in [-0.39, 0.29) is 0 Å². The van der Waals surface area contributed by atoms with Crippen molar-refractivity contribution in [2.75, 3.05) is 0 Å². The second-order valence-corrected chi connectivity index (χ2v) is 3.64. The smallest absolute Gasteiger partial charge is 0.211 e. The van der Waals surface area contributed by atoms with E-state index in [9.17, 15) is 9.59 Å². The summed E-state index contributed by atoms with van der Waals surface area (Å²) in [7, 11) is 0. The standard InChI is InChI=1S/C13H14N2O2/c1-4-10-6-9(3)12(14-7-16)13(15-8-17)11(10)5-2/h6H,4-5H2,1-3H3. The van der Waals surface area contributed by atoms with E-state index < -0.39 is 0 Å². The third kappa shape index (κ3) is 2.56. The number of hydrogen-bond donors (Lipinski definition) is 0. The van der Waals surface area contributed by atoms with Crippen LogP contribution in [0.15, 0.2) is 16.1 Å². The fraction of sp³-hybridized carbons (Fsp3) is 0.385. The van der Waals surface area contributed by atoms with Gasteiger partial charge in [-0.25, -0.2) is 9.59 Å². The summed E-state index contributed by atoms with van der Waals surface area (Å²) in [6, 6.07) is 1.97. The maximum absolute atomic E-state index is 10.5. The molecule has 0 N–H and O–H groups in total. The van der Waals surface area contributed by atoms with E-state index in [2.05, 4.69) is 9.98 Å². The van der Waals surface area contributed by atoms with Crippen LogP contribution in [0, 0.1) is 6.92 Å². The Morgan fingerprint density at radius 1 is 1.06 bits per heavy atom. The quantitative estimate of drug-likeness (QED) is 0.589. The number of benzene rings is 1. The number of rotatable bonds is 4. The highest BCUT2D eigenvalue weighted by Crippen LogP contribution is 2.37. The van der Waals surface area contributed by atoms with Crippen LogP contribution in [-0.4, -0.2) is 12.2 Å². The Morgan fingerprint density at radius 3 is 2.12 bits per heavy atom. The lowest BCUT2D eigenvalue weighted by molar-refractivity contribution is 0.564. The molecule has 0 heterocycles. The minimum absolute atomic E-state index is 0.414. The van der Waals surface area contributed by atoms with Crippen LogP contribution in [-0.2, 0) is 22.4 Å². The monoisotopic (exact) mass is 230 g/mol. The fourth-order valence-electron chi connectivity index (χ4n) is 1.96. The molecule has 1 rings (SSSR count). The summed E-state index contributed by atoms with van der Waals surface area (Å²) in [4.78, 5) is 28.2. The minimum Gasteiger partial charge on any atom is -0.211 e. The predicted molar refractivity (Wildman–Crippen MR) is 65.5 cm³/mol. The molecule has 0 unspecified atom stereocenters. The molecule has 0 aliphatic heterocycles. The van der Waals surface area contributed by atoms with E-state index in [1.807, 2.05) is 26.8 Å². The zero-order valence-corrected chi connectivity index (χ0v) is 10.2. The van der Waals surface area contributed by atoms with Crippen molar-refractivity contribution in [3.8, 4) is 0 Å². The Morgan fingerprint density at radius 2 is 1.65 bits per heavy atom. The first-order valence-electron chi connectivity index (χ1n) is 5.50. The van der Waals surface area contributed by atoms with Gasteiger partial charge in [0.1, 0.15) is 11.4 Å². The molecule has 0 saturated carbocycles. The molecule has 0 aromatic heterocycles. The van der Waals surface area contributed by atoms with Gasteiger partial charge in [0.2, 0.25) is 12.2 Å². The Bertz CT molecular complexity index is 523. The van der Waals surface area contributed by atoms with Gasteiger partial charge in [-0.3, -0.25) is 0 Å². The SMILES string of the molecule is CCc1cc(C)c(N=C=O)c(N=C=O)c1CC. The first kappa shape index (κ1) is 13.0. The molecule has 0 saturated heterocycles. The molecule has 0 spiro atoms. The molecule has 88 valence electrons. The van der Waals surface area contributed by atoms with Crippen LogP contribution in [0.1, 0.15) is 30.5 Å². The lowest BCUT2D eigenvalue weighted by atomic mass is 9.96. The van der Waals surface area contributed by atoms with Crippen molar-refractivity contribution in [2.45, 2.75) is 33.6 Å². The maximum Gasteiger partial charge on any atom is 0.240 e. The van der Waals surface area contributed by atoms with Crippen molar-refractivity contribution in [2.24, 2.45) is 9.98 Å². The average molecular weight is 230 g/mol. The van der Waals surface area contributed by atoms with Crippen LogP contribution in [0.2, 0.25) is 0 Å². The van der Waals surface area contributed by atoms with E-state index in [0.717, 1.165) is 29.5 Å². The van der Waals surface area contributed by atoms with Crippen LogP contribution in [0.4, 0.5) is 11.4 Å². The van der Waals surface area contributed by atoms with E-state index in [1.54, 1.807) is 0 Å². The van der Waals surface area contributed by atoms with Gasteiger partial charge in [-0.05, 0) is 36.5 Å². The summed E-state index contributed by atoms with van der Waals surface area (Å²) >= 11 is 0.